The van der Waals surface area contributed by atoms with Crippen LogP contribution in [0.1, 0.15) is 40.5 Å². The Morgan fingerprint density at radius 3 is 2.14 bits per heavy atom. The van der Waals surface area contributed by atoms with Gasteiger partial charge >= 0.3 is 0 Å². The molecule has 124 valence electrons. The molecule has 0 atom stereocenters. The van der Waals surface area contributed by atoms with Crippen LogP contribution in [0.25, 0.3) is 0 Å². The Hall–Kier alpha value is -0.160. The summed E-state index contributed by atoms with van der Waals surface area (Å²) in [6.07, 6.45) is 2.41. The third-order valence-electron chi connectivity index (χ3n) is 5.13. The Labute approximate surface area is 131 Å². The van der Waals surface area contributed by atoms with Crippen molar-refractivity contribution in [2.45, 2.75) is 52.6 Å². The zero-order valence-electron chi connectivity index (χ0n) is 14.5. The van der Waals surface area contributed by atoms with Gasteiger partial charge in [0.05, 0.1) is 0 Å². The number of nitrogens with zero attached hydrogens (tertiary/aromatic N) is 2. The average Bonchev–Trinajstić information content (AvgIpc) is 2.47. The normalized spacial score (nSPS) is 24.9. The SMILES string of the molecule is CC(C)NCC1(CN2CCN(C(C)C)CC2)CCOCC1. The fraction of sp³-hybridized carbons (Fsp3) is 1.00. The second kappa shape index (κ2) is 7.91. The van der Waals surface area contributed by atoms with Crippen LogP contribution in [0.15, 0.2) is 0 Å². The van der Waals surface area contributed by atoms with Gasteiger partial charge in [0.2, 0.25) is 0 Å². The molecule has 2 heterocycles. The van der Waals surface area contributed by atoms with Crippen molar-refractivity contribution in [3.05, 3.63) is 0 Å². The molecule has 2 aliphatic rings. The highest BCUT2D eigenvalue weighted by Gasteiger charge is 2.35. The summed E-state index contributed by atoms with van der Waals surface area (Å²) in [6, 6.07) is 1.26. The van der Waals surface area contributed by atoms with Crippen molar-refractivity contribution in [2.24, 2.45) is 5.41 Å². The quantitative estimate of drug-likeness (QED) is 0.809. The lowest BCUT2D eigenvalue weighted by Crippen LogP contribution is -2.54. The number of hydrogen-bond donors (Lipinski definition) is 1. The minimum Gasteiger partial charge on any atom is -0.381 e. The van der Waals surface area contributed by atoms with Gasteiger partial charge in [-0.15, -0.1) is 0 Å². The highest BCUT2D eigenvalue weighted by atomic mass is 16.5. The average molecular weight is 297 g/mol. The van der Waals surface area contributed by atoms with Crippen molar-refractivity contribution in [1.82, 2.24) is 15.1 Å². The smallest absolute Gasteiger partial charge is 0.0472 e. The Morgan fingerprint density at radius 2 is 1.62 bits per heavy atom. The van der Waals surface area contributed by atoms with E-state index in [4.69, 9.17) is 4.74 Å². The zero-order valence-corrected chi connectivity index (χ0v) is 14.5. The third-order valence-corrected chi connectivity index (χ3v) is 5.13. The number of piperazine rings is 1. The van der Waals surface area contributed by atoms with E-state index in [1.54, 1.807) is 0 Å². The van der Waals surface area contributed by atoms with Crippen LogP contribution in [0.5, 0.6) is 0 Å². The van der Waals surface area contributed by atoms with E-state index < -0.39 is 0 Å². The summed E-state index contributed by atoms with van der Waals surface area (Å²) < 4.78 is 5.61. The van der Waals surface area contributed by atoms with Crippen LogP contribution >= 0.6 is 0 Å². The maximum Gasteiger partial charge on any atom is 0.0472 e. The van der Waals surface area contributed by atoms with Crippen LogP contribution < -0.4 is 5.32 Å². The predicted molar refractivity (Wildman–Crippen MR) is 88.8 cm³/mol. The lowest BCUT2D eigenvalue weighted by Gasteiger charge is -2.44. The summed E-state index contributed by atoms with van der Waals surface area (Å²) in [4.78, 5) is 5.28. The molecule has 0 amide bonds. The van der Waals surface area contributed by atoms with E-state index in [0.717, 1.165) is 19.8 Å². The van der Waals surface area contributed by atoms with E-state index >= 15 is 0 Å². The number of rotatable bonds is 6. The van der Waals surface area contributed by atoms with Crippen LogP contribution in [-0.4, -0.2) is 74.4 Å². The van der Waals surface area contributed by atoms with E-state index in [1.165, 1.54) is 45.6 Å². The number of ether oxygens (including phenoxy) is 1. The maximum absolute atomic E-state index is 5.61. The molecular formula is C17H35N3O. The standard InChI is InChI=1S/C17H35N3O/c1-15(2)18-13-17(5-11-21-12-6-17)14-19-7-9-20(10-8-19)16(3)4/h15-16,18H,5-14H2,1-4H3. The first-order valence-corrected chi connectivity index (χ1v) is 8.78. The van der Waals surface area contributed by atoms with Crippen LogP contribution in [0, 0.1) is 5.41 Å². The zero-order chi connectivity index (χ0) is 15.3. The molecular weight excluding hydrogens is 262 g/mol. The van der Waals surface area contributed by atoms with Gasteiger partial charge in [0, 0.05) is 64.6 Å². The van der Waals surface area contributed by atoms with Gasteiger partial charge in [0.25, 0.3) is 0 Å². The van der Waals surface area contributed by atoms with Gasteiger partial charge in [-0.1, -0.05) is 13.8 Å². The lowest BCUT2D eigenvalue weighted by atomic mass is 9.79. The largest absolute Gasteiger partial charge is 0.381 e. The summed E-state index contributed by atoms with van der Waals surface area (Å²) >= 11 is 0. The fourth-order valence-electron chi connectivity index (χ4n) is 3.53. The highest BCUT2D eigenvalue weighted by Crippen LogP contribution is 2.31. The van der Waals surface area contributed by atoms with E-state index in [-0.39, 0.29) is 0 Å². The summed E-state index contributed by atoms with van der Waals surface area (Å²) in [5.41, 5.74) is 0.419. The lowest BCUT2D eigenvalue weighted by molar-refractivity contribution is -0.0149. The molecule has 21 heavy (non-hydrogen) atoms. The van der Waals surface area contributed by atoms with Crippen LogP contribution in [-0.2, 0) is 4.74 Å². The second-order valence-corrected chi connectivity index (χ2v) is 7.55. The Kier molecular flexibility index (Phi) is 6.48. The molecule has 0 spiro atoms. The van der Waals surface area contributed by atoms with Gasteiger partial charge in [-0.2, -0.15) is 0 Å². The molecule has 0 aromatic heterocycles. The molecule has 2 saturated heterocycles. The van der Waals surface area contributed by atoms with Gasteiger partial charge in [-0.05, 0) is 32.1 Å². The monoisotopic (exact) mass is 297 g/mol. The van der Waals surface area contributed by atoms with E-state index in [0.29, 0.717) is 17.5 Å². The number of nitrogens with one attached hydrogen (secondary N) is 1. The van der Waals surface area contributed by atoms with Crippen molar-refractivity contribution in [3.63, 3.8) is 0 Å². The summed E-state index contributed by atoms with van der Waals surface area (Å²) in [5, 5.41) is 3.68. The third kappa shape index (κ3) is 5.20. The molecule has 2 aliphatic heterocycles. The summed E-state index contributed by atoms with van der Waals surface area (Å²) in [5.74, 6) is 0. The predicted octanol–water partition coefficient (Wildman–Crippen LogP) is 1.81. The molecule has 0 radical (unpaired) electrons. The van der Waals surface area contributed by atoms with Gasteiger partial charge in [-0.3, -0.25) is 4.90 Å². The first-order valence-electron chi connectivity index (χ1n) is 8.78. The van der Waals surface area contributed by atoms with Crippen molar-refractivity contribution in [1.29, 1.82) is 0 Å². The van der Waals surface area contributed by atoms with E-state index in [1.807, 2.05) is 0 Å². The maximum atomic E-state index is 5.61. The van der Waals surface area contributed by atoms with Gasteiger partial charge in [0.15, 0.2) is 0 Å². The van der Waals surface area contributed by atoms with Crippen LogP contribution in [0.2, 0.25) is 0 Å². The first kappa shape index (κ1) is 17.2. The Bertz CT molecular complexity index is 292. The Morgan fingerprint density at radius 1 is 1.00 bits per heavy atom. The molecule has 0 unspecified atom stereocenters. The molecule has 0 aliphatic carbocycles. The van der Waals surface area contributed by atoms with E-state index in [9.17, 15) is 0 Å². The minimum atomic E-state index is 0.419. The molecule has 4 heteroatoms. The topological polar surface area (TPSA) is 27.7 Å². The summed E-state index contributed by atoms with van der Waals surface area (Å²) in [7, 11) is 0. The van der Waals surface area contributed by atoms with Gasteiger partial charge in [-0.25, -0.2) is 0 Å². The Balaban J connectivity index is 1.87. The van der Waals surface area contributed by atoms with Crippen molar-refractivity contribution in [3.8, 4) is 0 Å². The molecule has 0 aromatic carbocycles. The number of hydrogen-bond acceptors (Lipinski definition) is 4. The van der Waals surface area contributed by atoms with Gasteiger partial charge < -0.3 is 15.0 Å². The minimum absolute atomic E-state index is 0.419. The van der Waals surface area contributed by atoms with Crippen molar-refractivity contribution in [2.75, 3.05) is 52.5 Å². The molecule has 0 saturated carbocycles. The second-order valence-electron chi connectivity index (χ2n) is 7.55. The molecule has 2 rings (SSSR count). The fourth-order valence-corrected chi connectivity index (χ4v) is 3.53. The molecule has 1 N–H and O–H groups in total. The summed E-state index contributed by atoms with van der Waals surface area (Å²) in [6.45, 7) is 18.2. The molecule has 0 bridgehead atoms. The first-order chi connectivity index (χ1) is 10.0. The van der Waals surface area contributed by atoms with Crippen molar-refractivity contribution >= 4 is 0 Å². The van der Waals surface area contributed by atoms with Gasteiger partial charge in [0.1, 0.15) is 0 Å². The molecule has 0 aromatic rings. The highest BCUT2D eigenvalue weighted by molar-refractivity contribution is 4.89. The van der Waals surface area contributed by atoms with E-state index in [2.05, 4.69) is 42.8 Å². The van der Waals surface area contributed by atoms with Crippen molar-refractivity contribution < 1.29 is 4.74 Å². The van der Waals surface area contributed by atoms with Crippen LogP contribution in [0.4, 0.5) is 0 Å². The molecule has 4 nitrogen and oxygen atoms in total. The molecule has 2 fully saturated rings. The van der Waals surface area contributed by atoms with Crippen LogP contribution in [0.3, 0.4) is 0 Å².